The molecular weight excluding hydrogens is 381 g/mol. The number of benzene rings is 2. The van der Waals surface area contributed by atoms with Crippen molar-refractivity contribution < 1.29 is 17.6 Å². The first-order chi connectivity index (χ1) is 13.3. The highest BCUT2D eigenvalue weighted by Gasteiger charge is 2.29. The van der Waals surface area contributed by atoms with Crippen LogP contribution in [0.2, 0.25) is 0 Å². The third kappa shape index (κ3) is 4.57. The topological polar surface area (TPSA) is 69.7 Å². The van der Waals surface area contributed by atoms with Crippen LogP contribution in [0.5, 0.6) is 0 Å². The second-order valence-corrected chi connectivity index (χ2v) is 8.90. The normalized spacial score (nSPS) is 16.1. The second-order valence-electron chi connectivity index (χ2n) is 7.00. The van der Waals surface area contributed by atoms with Gasteiger partial charge in [0.25, 0.3) is 5.91 Å². The monoisotopic (exact) mass is 405 g/mol. The van der Waals surface area contributed by atoms with Crippen molar-refractivity contribution in [3.63, 3.8) is 0 Å². The van der Waals surface area contributed by atoms with Crippen LogP contribution in [0.1, 0.15) is 21.5 Å². The molecule has 2 aromatic rings. The Kier molecular flexibility index (Phi) is 6.12. The number of hydrogen-bond acceptors (Lipinski definition) is 4. The van der Waals surface area contributed by atoms with Gasteiger partial charge < -0.3 is 10.2 Å². The molecule has 1 saturated heterocycles. The summed E-state index contributed by atoms with van der Waals surface area (Å²) in [5.41, 5.74) is 1.64. The van der Waals surface area contributed by atoms with Gasteiger partial charge in [0.2, 0.25) is 10.0 Å². The molecule has 3 rings (SSSR count). The number of nitrogens with zero attached hydrogens (tertiary/aromatic N) is 2. The minimum Gasteiger partial charge on any atom is -0.348 e. The summed E-state index contributed by atoms with van der Waals surface area (Å²) in [6.07, 6.45) is 0. The van der Waals surface area contributed by atoms with Crippen molar-refractivity contribution in [3.8, 4) is 0 Å². The van der Waals surface area contributed by atoms with Crippen LogP contribution in [0.15, 0.2) is 47.4 Å². The fraction of sp³-hybridized carbons (Fsp3) is 0.350. The number of sulfonamides is 1. The summed E-state index contributed by atoms with van der Waals surface area (Å²) >= 11 is 0. The van der Waals surface area contributed by atoms with E-state index in [4.69, 9.17) is 0 Å². The summed E-state index contributed by atoms with van der Waals surface area (Å²) < 4.78 is 40.5. The van der Waals surface area contributed by atoms with Crippen LogP contribution in [0.4, 0.5) is 4.39 Å². The number of hydrogen-bond donors (Lipinski definition) is 1. The average Bonchev–Trinajstić information content (AvgIpc) is 2.68. The van der Waals surface area contributed by atoms with E-state index in [1.807, 2.05) is 7.05 Å². The largest absolute Gasteiger partial charge is 0.348 e. The molecule has 1 amide bonds. The molecule has 1 N–H and O–H groups in total. The third-order valence-corrected chi connectivity index (χ3v) is 6.94. The summed E-state index contributed by atoms with van der Waals surface area (Å²) in [6, 6.07) is 10.5. The van der Waals surface area contributed by atoms with E-state index in [1.165, 1.54) is 22.5 Å². The molecule has 150 valence electrons. The lowest BCUT2D eigenvalue weighted by molar-refractivity contribution is 0.0950. The lowest BCUT2D eigenvalue weighted by atomic mass is 10.1. The number of piperazine rings is 1. The van der Waals surface area contributed by atoms with Crippen molar-refractivity contribution >= 4 is 15.9 Å². The number of halogens is 1. The summed E-state index contributed by atoms with van der Waals surface area (Å²) in [5, 5.41) is 2.74. The lowest BCUT2D eigenvalue weighted by Crippen LogP contribution is -2.47. The zero-order valence-corrected chi connectivity index (χ0v) is 16.8. The van der Waals surface area contributed by atoms with Crippen molar-refractivity contribution in [2.45, 2.75) is 18.4 Å². The molecule has 0 aromatic heterocycles. The first kappa shape index (κ1) is 20.4. The SMILES string of the molecule is Cc1ccc(C(=O)NCc2ccc(F)cc2)cc1S(=O)(=O)N1CCN(C)CC1. The van der Waals surface area contributed by atoms with Gasteiger partial charge in [0.1, 0.15) is 5.82 Å². The molecule has 0 bridgehead atoms. The van der Waals surface area contributed by atoms with Crippen LogP contribution < -0.4 is 5.32 Å². The van der Waals surface area contributed by atoms with Gasteiger partial charge in [-0.15, -0.1) is 0 Å². The van der Waals surface area contributed by atoms with E-state index in [-0.39, 0.29) is 28.7 Å². The van der Waals surface area contributed by atoms with E-state index in [2.05, 4.69) is 10.2 Å². The highest BCUT2D eigenvalue weighted by atomic mass is 32.2. The van der Waals surface area contributed by atoms with E-state index in [0.717, 1.165) is 5.56 Å². The number of carbonyl (C=O) groups is 1. The lowest BCUT2D eigenvalue weighted by Gasteiger charge is -2.32. The molecule has 0 atom stereocenters. The maximum Gasteiger partial charge on any atom is 0.251 e. The Morgan fingerprint density at radius 2 is 1.71 bits per heavy atom. The summed E-state index contributed by atoms with van der Waals surface area (Å²) in [7, 11) is -1.70. The van der Waals surface area contributed by atoms with E-state index >= 15 is 0 Å². The molecule has 0 aliphatic carbocycles. The fourth-order valence-electron chi connectivity index (χ4n) is 3.07. The highest BCUT2D eigenvalue weighted by Crippen LogP contribution is 2.22. The zero-order chi connectivity index (χ0) is 20.3. The van der Waals surface area contributed by atoms with Gasteiger partial charge in [0.15, 0.2) is 0 Å². The standard InChI is InChI=1S/C20H24FN3O3S/c1-15-3-6-17(20(25)22-14-16-4-7-18(21)8-5-16)13-19(15)28(26,27)24-11-9-23(2)10-12-24/h3-8,13H,9-12,14H2,1-2H3,(H,22,25). The Labute approximate surface area is 165 Å². The van der Waals surface area contributed by atoms with Crippen LogP contribution in [0.3, 0.4) is 0 Å². The zero-order valence-electron chi connectivity index (χ0n) is 16.0. The Hall–Kier alpha value is -2.29. The van der Waals surface area contributed by atoms with Gasteiger partial charge in [-0.3, -0.25) is 4.79 Å². The molecular formula is C20H24FN3O3S. The van der Waals surface area contributed by atoms with Gasteiger partial charge in [-0.1, -0.05) is 18.2 Å². The number of amides is 1. The molecule has 1 aliphatic heterocycles. The molecule has 0 saturated carbocycles. The van der Waals surface area contributed by atoms with Crippen LogP contribution in [-0.4, -0.2) is 56.8 Å². The van der Waals surface area contributed by atoms with Crippen molar-refractivity contribution in [1.82, 2.24) is 14.5 Å². The first-order valence-electron chi connectivity index (χ1n) is 9.09. The van der Waals surface area contributed by atoms with E-state index in [1.54, 1.807) is 31.2 Å². The Morgan fingerprint density at radius 3 is 2.36 bits per heavy atom. The first-order valence-corrected chi connectivity index (χ1v) is 10.5. The Balaban J connectivity index is 1.76. The smallest absolute Gasteiger partial charge is 0.251 e. The maximum atomic E-state index is 13.0. The minimum atomic E-state index is -3.66. The highest BCUT2D eigenvalue weighted by molar-refractivity contribution is 7.89. The van der Waals surface area contributed by atoms with Crippen molar-refractivity contribution in [2.24, 2.45) is 0 Å². The average molecular weight is 405 g/mol. The molecule has 1 heterocycles. The molecule has 0 radical (unpaired) electrons. The van der Waals surface area contributed by atoms with Crippen molar-refractivity contribution in [2.75, 3.05) is 33.2 Å². The van der Waals surface area contributed by atoms with Crippen molar-refractivity contribution in [3.05, 3.63) is 65.0 Å². The van der Waals surface area contributed by atoms with Crippen LogP contribution in [0.25, 0.3) is 0 Å². The number of likely N-dealkylation sites (N-methyl/N-ethyl adjacent to an activating group) is 1. The Morgan fingerprint density at radius 1 is 1.07 bits per heavy atom. The van der Waals surface area contributed by atoms with E-state index in [9.17, 15) is 17.6 Å². The molecule has 1 aliphatic rings. The van der Waals surface area contributed by atoms with Crippen LogP contribution in [0, 0.1) is 12.7 Å². The molecule has 0 unspecified atom stereocenters. The van der Waals surface area contributed by atoms with Gasteiger partial charge in [-0.2, -0.15) is 4.31 Å². The van der Waals surface area contributed by atoms with Gasteiger partial charge in [-0.25, -0.2) is 12.8 Å². The molecule has 8 heteroatoms. The van der Waals surface area contributed by atoms with Gasteiger partial charge >= 0.3 is 0 Å². The minimum absolute atomic E-state index is 0.159. The van der Waals surface area contributed by atoms with Crippen LogP contribution >= 0.6 is 0 Å². The molecule has 28 heavy (non-hydrogen) atoms. The third-order valence-electron chi connectivity index (χ3n) is 4.90. The van der Waals surface area contributed by atoms with E-state index in [0.29, 0.717) is 31.7 Å². The summed E-state index contributed by atoms with van der Waals surface area (Å²) in [5.74, 6) is -0.716. The number of aryl methyl sites for hydroxylation is 1. The number of carbonyl (C=O) groups excluding carboxylic acids is 1. The number of rotatable bonds is 5. The molecule has 6 nitrogen and oxygen atoms in total. The molecule has 0 spiro atoms. The van der Waals surface area contributed by atoms with Crippen molar-refractivity contribution in [1.29, 1.82) is 0 Å². The van der Waals surface area contributed by atoms with Gasteiger partial charge in [0, 0.05) is 38.3 Å². The second kappa shape index (κ2) is 8.38. The quantitative estimate of drug-likeness (QED) is 0.826. The fourth-order valence-corrected chi connectivity index (χ4v) is 4.75. The van der Waals surface area contributed by atoms with Gasteiger partial charge in [-0.05, 0) is 49.4 Å². The Bertz CT molecular complexity index is 953. The predicted octanol–water partition coefficient (Wildman–Crippen LogP) is 2.00. The molecule has 2 aromatic carbocycles. The predicted molar refractivity (Wildman–Crippen MR) is 105 cm³/mol. The summed E-state index contributed by atoms with van der Waals surface area (Å²) in [4.78, 5) is 14.7. The molecule has 1 fully saturated rings. The van der Waals surface area contributed by atoms with E-state index < -0.39 is 10.0 Å². The van der Waals surface area contributed by atoms with Gasteiger partial charge in [0.05, 0.1) is 4.90 Å². The summed E-state index contributed by atoms with van der Waals surface area (Å²) in [6.45, 7) is 4.17. The van der Waals surface area contributed by atoms with Crippen LogP contribution in [-0.2, 0) is 16.6 Å². The number of nitrogens with one attached hydrogen (secondary N) is 1. The maximum absolute atomic E-state index is 13.0.